The van der Waals surface area contributed by atoms with E-state index in [2.05, 4.69) is 15.5 Å². The van der Waals surface area contributed by atoms with Crippen LogP contribution in [0, 0.1) is 0 Å². The molecule has 2 aromatic heterocycles. The molecule has 0 bridgehead atoms. The zero-order valence-electron chi connectivity index (χ0n) is 14.8. The first-order chi connectivity index (χ1) is 13.2. The van der Waals surface area contributed by atoms with E-state index < -0.39 is 0 Å². The van der Waals surface area contributed by atoms with Crippen molar-refractivity contribution in [3.05, 3.63) is 58.3 Å². The van der Waals surface area contributed by atoms with Crippen LogP contribution in [0.3, 0.4) is 0 Å². The molecule has 0 radical (unpaired) electrons. The average molecular weight is 381 g/mol. The predicted octanol–water partition coefficient (Wildman–Crippen LogP) is 2.88. The molecule has 1 aromatic carbocycles. The second kappa shape index (κ2) is 7.75. The number of hydrogen-bond acceptors (Lipinski definition) is 6. The van der Waals surface area contributed by atoms with E-state index >= 15 is 0 Å². The molecule has 0 unspecified atom stereocenters. The molecule has 3 heterocycles. The third kappa shape index (κ3) is 3.93. The standard InChI is InChI=1S/C20H19N3O3S/c1-25-19-8-7-17(22-23-19)16-6-2-4-13-10-14(26-20(13)16)12-21-18(24)11-15-5-3-9-27-15/h2-9,14H,10-12H2,1H3,(H,21,24)/t14-/m0/s1. The monoisotopic (exact) mass is 381 g/mol. The van der Waals surface area contributed by atoms with Gasteiger partial charge in [0.1, 0.15) is 11.9 Å². The fourth-order valence-corrected chi connectivity index (χ4v) is 3.79. The molecule has 0 spiro atoms. The van der Waals surface area contributed by atoms with Crippen molar-refractivity contribution < 1.29 is 14.3 Å². The maximum Gasteiger partial charge on any atom is 0.233 e. The molecule has 1 atom stereocenters. The molecule has 0 saturated heterocycles. The summed E-state index contributed by atoms with van der Waals surface area (Å²) in [5.41, 5.74) is 2.74. The van der Waals surface area contributed by atoms with Gasteiger partial charge in [0.25, 0.3) is 0 Å². The quantitative estimate of drug-likeness (QED) is 0.711. The number of benzene rings is 1. The number of carbonyl (C=O) groups excluding carboxylic acids is 1. The number of ether oxygens (including phenoxy) is 2. The molecule has 1 aliphatic rings. The number of nitrogens with one attached hydrogen (secondary N) is 1. The van der Waals surface area contributed by atoms with Crippen LogP contribution in [0.1, 0.15) is 10.4 Å². The van der Waals surface area contributed by atoms with E-state index in [0.717, 1.165) is 33.9 Å². The highest BCUT2D eigenvalue weighted by molar-refractivity contribution is 7.10. The van der Waals surface area contributed by atoms with Gasteiger partial charge in [-0.25, -0.2) is 0 Å². The van der Waals surface area contributed by atoms with Gasteiger partial charge in [-0.2, -0.15) is 0 Å². The maximum absolute atomic E-state index is 12.1. The van der Waals surface area contributed by atoms with Gasteiger partial charge < -0.3 is 14.8 Å². The Kier molecular flexibility index (Phi) is 5.02. The van der Waals surface area contributed by atoms with Crippen LogP contribution in [0.25, 0.3) is 11.3 Å². The van der Waals surface area contributed by atoms with Crippen molar-refractivity contribution in [1.82, 2.24) is 15.5 Å². The number of carbonyl (C=O) groups is 1. The zero-order chi connectivity index (χ0) is 18.6. The lowest BCUT2D eigenvalue weighted by Crippen LogP contribution is -2.35. The largest absolute Gasteiger partial charge is 0.487 e. The normalized spacial score (nSPS) is 15.1. The molecule has 1 aliphatic heterocycles. The third-order valence-electron chi connectivity index (χ3n) is 4.40. The molecule has 0 aliphatic carbocycles. The third-order valence-corrected chi connectivity index (χ3v) is 5.27. The highest BCUT2D eigenvalue weighted by atomic mass is 32.1. The van der Waals surface area contributed by atoms with E-state index in [9.17, 15) is 4.79 Å². The van der Waals surface area contributed by atoms with Gasteiger partial charge in [0, 0.05) is 22.9 Å². The molecule has 27 heavy (non-hydrogen) atoms. The fraction of sp³-hybridized carbons (Fsp3) is 0.250. The summed E-state index contributed by atoms with van der Waals surface area (Å²) in [5.74, 6) is 1.30. The molecule has 3 aromatic rings. The molecule has 4 rings (SSSR count). The van der Waals surface area contributed by atoms with Gasteiger partial charge in [0.15, 0.2) is 0 Å². The van der Waals surface area contributed by atoms with Crippen LogP contribution in [0.15, 0.2) is 47.8 Å². The van der Waals surface area contributed by atoms with Gasteiger partial charge in [-0.1, -0.05) is 18.2 Å². The Balaban J connectivity index is 1.41. The van der Waals surface area contributed by atoms with Crippen molar-refractivity contribution >= 4 is 17.2 Å². The van der Waals surface area contributed by atoms with Crippen molar-refractivity contribution in [2.75, 3.05) is 13.7 Å². The van der Waals surface area contributed by atoms with Crippen molar-refractivity contribution in [2.24, 2.45) is 0 Å². The van der Waals surface area contributed by atoms with E-state index in [4.69, 9.17) is 9.47 Å². The molecule has 6 nitrogen and oxygen atoms in total. The Morgan fingerprint density at radius 1 is 1.26 bits per heavy atom. The van der Waals surface area contributed by atoms with E-state index in [1.54, 1.807) is 24.5 Å². The van der Waals surface area contributed by atoms with Crippen molar-refractivity contribution in [1.29, 1.82) is 0 Å². The van der Waals surface area contributed by atoms with Crippen molar-refractivity contribution in [2.45, 2.75) is 18.9 Å². The number of amides is 1. The summed E-state index contributed by atoms with van der Waals surface area (Å²) in [6.45, 7) is 0.479. The molecular formula is C20H19N3O3S. The summed E-state index contributed by atoms with van der Waals surface area (Å²) in [6, 6.07) is 13.6. The Labute approximate surface area is 161 Å². The molecule has 1 N–H and O–H groups in total. The lowest BCUT2D eigenvalue weighted by atomic mass is 10.0. The lowest BCUT2D eigenvalue weighted by Gasteiger charge is -2.13. The number of hydrogen-bond donors (Lipinski definition) is 1. The van der Waals surface area contributed by atoms with Gasteiger partial charge >= 0.3 is 0 Å². The van der Waals surface area contributed by atoms with Crippen LogP contribution in [0.2, 0.25) is 0 Å². The summed E-state index contributed by atoms with van der Waals surface area (Å²) in [4.78, 5) is 13.2. The van der Waals surface area contributed by atoms with Gasteiger partial charge in [0.2, 0.25) is 11.8 Å². The van der Waals surface area contributed by atoms with Crippen molar-refractivity contribution in [3.8, 4) is 22.9 Å². The number of nitrogens with zero attached hydrogens (tertiary/aromatic N) is 2. The fourth-order valence-electron chi connectivity index (χ4n) is 3.09. The molecular weight excluding hydrogens is 362 g/mol. The van der Waals surface area contributed by atoms with Crippen LogP contribution in [0.5, 0.6) is 11.6 Å². The average Bonchev–Trinajstić information content (AvgIpc) is 3.35. The second-order valence-corrected chi connectivity index (χ2v) is 7.29. The maximum atomic E-state index is 12.1. The van der Waals surface area contributed by atoms with E-state index in [0.29, 0.717) is 18.8 Å². The Bertz CT molecular complexity index is 926. The van der Waals surface area contributed by atoms with Gasteiger partial charge in [-0.3, -0.25) is 4.79 Å². The first-order valence-corrected chi connectivity index (χ1v) is 9.56. The SMILES string of the molecule is COc1ccc(-c2cccc3c2O[C@H](CNC(=O)Cc2cccs2)C3)nn1. The first-order valence-electron chi connectivity index (χ1n) is 8.68. The van der Waals surface area contributed by atoms with E-state index in [-0.39, 0.29) is 12.0 Å². The van der Waals surface area contributed by atoms with Crippen LogP contribution in [-0.4, -0.2) is 35.9 Å². The van der Waals surface area contributed by atoms with Gasteiger partial charge in [0.05, 0.1) is 25.8 Å². The number of thiophene rings is 1. The number of rotatable bonds is 6. The van der Waals surface area contributed by atoms with Crippen LogP contribution in [-0.2, 0) is 17.6 Å². The zero-order valence-corrected chi connectivity index (χ0v) is 15.7. The first kappa shape index (κ1) is 17.5. The highest BCUT2D eigenvalue weighted by Gasteiger charge is 2.26. The summed E-state index contributed by atoms with van der Waals surface area (Å²) >= 11 is 1.59. The predicted molar refractivity (Wildman–Crippen MR) is 103 cm³/mol. The number of para-hydroxylation sites is 1. The van der Waals surface area contributed by atoms with E-state index in [1.165, 1.54) is 0 Å². The highest BCUT2D eigenvalue weighted by Crippen LogP contribution is 2.37. The summed E-state index contributed by atoms with van der Waals surface area (Å²) in [7, 11) is 1.56. The Morgan fingerprint density at radius 2 is 2.19 bits per heavy atom. The lowest BCUT2D eigenvalue weighted by molar-refractivity contribution is -0.120. The molecule has 0 fully saturated rings. The molecule has 0 saturated carbocycles. The minimum Gasteiger partial charge on any atom is -0.487 e. The number of fused-ring (bicyclic) bond motifs is 1. The smallest absolute Gasteiger partial charge is 0.233 e. The molecule has 138 valence electrons. The van der Waals surface area contributed by atoms with Crippen LogP contribution >= 0.6 is 11.3 Å². The van der Waals surface area contributed by atoms with Crippen LogP contribution < -0.4 is 14.8 Å². The van der Waals surface area contributed by atoms with Gasteiger partial charge in [-0.15, -0.1) is 21.5 Å². The summed E-state index contributed by atoms with van der Waals surface area (Å²) < 4.78 is 11.2. The number of methoxy groups -OCH3 is 1. The minimum atomic E-state index is -0.0837. The Hall–Kier alpha value is -2.93. The summed E-state index contributed by atoms with van der Waals surface area (Å²) in [6.07, 6.45) is 1.08. The van der Waals surface area contributed by atoms with Crippen molar-refractivity contribution in [3.63, 3.8) is 0 Å². The number of aromatic nitrogens is 2. The second-order valence-electron chi connectivity index (χ2n) is 6.26. The van der Waals surface area contributed by atoms with E-state index in [1.807, 2.05) is 41.8 Å². The van der Waals surface area contributed by atoms with Gasteiger partial charge in [-0.05, 0) is 29.1 Å². The topological polar surface area (TPSA) is 73.3 Å². The molecule has 7 heteroatoms. The minimum absolute atomic E-state index is 0.0123. The molecule has 1 amide bonds. The Morgan fingerprint density at radius 3 is 2.93 bits per heavy atom. The van der Waals surface area contributed by atoms with Crippen LogP contribution in [0.4, 0.5) is 0 Å². The summed E-state index contributed by atoms with van der Waals surface area (Å²) in [5, 5.41) is 13.2.